The zero-order chi connectivity index (χ0) is 16.4. The summed E-state index contributed by atoms with van der Waals surface area (Å²) in [5, 5.41) is 8.58. The van der Waals surface area contributed by atoms with Gasteiger partial charge in [0, 0.05) is 20.1 Å². The second kappa shape index (κ2) is 6.93. The average molecular weight is 355 g/mol. The maximum atomic E-state index is 12.4. The van der Waals surface area contributed by atoms with E-state index in [1.807, 2.05) is 19.0 Å². The van der Waals surface area contributed by atoms with Crippen molar-refractivity contribution in [3.8, 4) is 0 Å². The van der Waals surface area contributed by atoms with E-state index in [0.29, 0.717) is 6.54 Å². The molecule has 0 fully saturated rings. The number of carboxylic acid groups (broad SMARTS) is 1. The molecule has 118 valence electrons. The molecule has 1 aromatic carbocycles. The third-order valence-electron chi connectivity index (χ3n) is 2.82. The van der Waals surface area contributed by atoms with Gasteiger partial charge in [-0.05, 0) is 26.2 Å². The number of carbonyl (C=O) groups is 1. The number of carboxylic acids is 1. The predicted octanol–water partition coefficient (Wildman–Crippen LogP) is 1.87. The van der Waals surface area contributed by atoms with E-state index in [1.54, 1.807) is 0 Å². The quantitative estimate of drug-likeness (QED) is 0.843. The molecule has 0 aromatic heterocycles. The van der Waals surface area contributed by atoms with E-state index in [-0.39, 0.29) is 21.5 Å². The molecule has 0 unspecified atom stereocenters. The molecule has 9 heteroatoms. The van der Waals surface area contributed by atoms with Crippen LogP contribution in [0.2, 0.25) is 10.0 Å². The van der Waals surface area contributed by atoms with Gasteiger partial charge in [0.1, 0.15) is 4.90 Å². The number of rotatable bonds is 6. The summed E-state index contributed by atoms with van der Waals surface area (Å²) in [6, 6.07) is 2.42. The molecule has 0 aliphatic heterocycles. The Bertz CT molecular complexity index is 647. The lowest BCUT2D eigenvalue weighted by molar-refractivity contribution is 0.0697. The van der Waals surface area contributed by atoms with Crippen LogP contribution >= 0.6 is 23.2 Å². The summed E-state index contributed by atoms with van der Waals surface area (Å²) < 4.78 is 26.0. The highest BCUT2D eigenvalue weighted by Crippen LogP contribution is 2.32. The van der Waals surface area contributed by atoms with Gasteiger partial charge >= 0.3 is 5.97 Å². The number of hydrogen-bond donors (Lipinski definition) is 1. The number of hydrogen-bond acceptors (Lipinski definition) is 4. The summed E-state index contributed by atoms with van der Waals surface area (Å²) >= 11 is 11.7. The second-order valence-electron chi connectivity index (χ2n) is 4.67. The van der Waals surface area contributed by atoms with Crippen molar-refractivity contribution in [1.29, 1.82) is 0 Å². The van der Waals surface area contributed by atoms with Crippen LogP contribution in [0.4, 0.5) is 0 Å². The fourth-order valence-corrected chi connectivity index (χ4v) is 3.61. The Labute approximate surface area is 133 Å². The molecule has 0 aliphatic rings. The van der Waals surface area contributed by atoms with Crippen LogP contribution < -0.4 is 0 Å². The molecule has 0 saturated heterocycles. The zero-order valence-corrected chi connectivity index (χ0v) is 14.1. The van der Waals surface area contributed by atoms with Crippen LogP contribution in [0.25, 0.3) is 0 Å². The van der Waals surface area contributed by atoms with Gasteiger partial charge in [-0.1, -0.05) is 23.2 Å². The minimum absolute atomic E-state index is 0.109. The van der Waals surface area contributed by atoms with E-state index in [1.165, 1.54) is 19.2 Å². The zero-order valence-electron chi connectivity index (χ0n) is 11.8. The van der Waals surface area contributed by atoms with Crippen molar-refractivity contribution in [2.24, 2.45) is 0 Å². The van der Waals surface area contributed by atoms with Crippen LogP contribution in [0, 0.1) is 0 Å². The van der Waals surface area contributed by atoms with E-state index in [2.05, 4.69) is 0 Å². The highest BCUT2D eigenvalue weighted by atomic mass is 35.5. The first-order chi connectivity index (χ1) is 9.59. The fraction of sp³-hybridized carbons (Fsp3) is 0.417. The van der Waals surface area contributed by atoms with Gasteiger partial charge in [-0.15, -0.1) is 0 Å². The first-order valence-electron chi connectivity index (χ1n) is 5.91. The molecular formula is C12H16Cl2N2O4S. The van der Waals surface area contributed by atoms with Crippen molar-refractivity contribution in [2.45, 2.75) is 4.90 Å². The number of benzene rings is 1. The lowest BCUT2D eigenvalue weighted by atomic mass is 10.2. The Morgan fingerprint density at radius 1 is 1.19 bits per heavy atom. The SMILES string of the molecule is CN(C)CCN(C)S(=O)(=O)c1ccc(Cl)c(C(=O)O)c1Cl. The Morgan fingerprint density at radius 3 is 2.24 bits per heavy atom. The van der Waals surface area contributed by atoms with Gasteiger partial charge in [0.05, 0.1) is 15.6 Å². The molecule has 21 heavy (non-hydrogen) atoms. The van der Waals surface area contributed by atoms with Crippen molar-refractivity contribution in [1.82, 2.24) is 9.21 Å². The van der Waals surface area contributed by atoms with E-state index < -0.39 is 21.6 Å². The maximum Gasteiger partial charge on any atom is 0.338 e. The smallest absolute Gasteiger partial charge is 0.338 e. The third kappa shape index (κ3) is 4.08. The largest absolute Gasteiger partial charge is 0.478 e. The Balaban J connectivity index is 3.27. The highest BCUT2D eigenvalue weighted by molar-refractivity contribution is 7.89. The Morgan fingerprint density at radius 2 is 1.76 bits per heavy atom. The second-order valence-corrected chi connectivity index (χ2v) is 7.47. The first kappa shape index (κ1) is 18.2. The topological polar surface area (TPSA) is 77.9 Å². The molecule has 0 heterocycles. The summed E-state index contributed by atoms with van der Waals surface area (Å²) in [6.45, 7) is 0.767. The van der Waals surface area contributed by atoms with Crippen LogP contribution in [-0.4, -0.2) is 62.9 Å². The van der Waals surface area contributed by atoms with Gasteiger partial charge in [0.2, 0.25) is 10.0 Å². The van der Waals surface area contributed by atoms with Crippen LogP contribution in [0.5, 0.6) is 0 Å². The fourth-order valence-electron chi connectivity index (χ4n) is 1.56. The molecule has 0 atom stereocenters. The summed E-state index contributed by atoms with van der Waals surface area (Å²) in [7, 11) is 1.16. The van der Waals surface area contributed by atoms with Gasteiger partial charge in [0.15, 0.2) is 0 Å². The lowest BCUT2D eigenvalue weighted by Gasteiger charge is -2.20. The monoisotopic (exact) mass is 354 g/mol. The molecule has 0 radical (unpaired) electrons. The van der Waals surface area contributed by atoms with Gasteiger partial charge in [-0.25, -0.2) is 13.2 Å². The van der Waals surface area contributed by atoms with E-state index in [9.17, 15) is 13.2 Å². The minimum Gasteiger partial charge on any atom is -0.478 e. The summed E-state index contributed by atoms with van der Waals surface area (Å²) in [5.74, 6) is -1.38. The summed E-state index contributed by atoms with van der Waals surface area (Å²) in [6.07, 6.45) is 0. The normalized spacial score (nSPS) is 12.1. The van der Waals surface area contributed by atoms with Crippen molar-refractivity contribution in [3.63, 3.8) is 0 Å². The molecule has 0 aliphatic carbocycles. The van der Waals surface area contributed by atoms with Crippen LogP contribution in [0.1, 0.15) is 10.4 Å². The van der Waals surface area contributed by atoms with E-state index in [4.69, 9.17) is 28.3 Å². The molecule has 1 N–H and O–H groups in total. The highest BCUT2D eigenvalue weighted by Gasteiger charge is 2.27. The number of halogens is 2. The Kier molecular flexibility index (Phi) is 6.01. The standard InChI is InChI=1S/C12H16Cl2N2O4S/c1-15(2)6-7-16(3)21(19,20)9-5-4-8(13)10(11(9)14)12(17)18/h4-5H,6-7H2,1-3H3,(H,17,18). The molecule has 0 saturated carbocycles. The summed E-state index contributed by atoms with van der Waals surface area (Å²) in [4.78, 5) is 12.7. The van der Waals surface area contributed by atoms with Crippen molar-refractivity contribution in [3.05, 3.63) is 27.7 Å². The predicted molar refractivity (Wildman–Crippen MR) is 81.8 cm³/mol. The number of nitrogens with zero attached hydrogens (tertiary/aromatic N) is 2. The average Bonchev–Trinajstić information content (AvgIpc) is 2.34. The number of aromatic carboxylic acids is 1. The molecule has 1 aromatic rings. The first-order valence-corrected chi connectivity index (χ1v) is 8.11. The van der Waals surface area contributed by atoms with Crippen molar-refractivity contribution in [2.75, 3.05) is 34.2 Å². The van der Waals surface area contributed by atoms with Crippen molar-refractivity contribution >= 4 is 39.2 Å². The van der Waals surface area contributed by atoms with Crippen LogP contribution in [-0.2, 0) is 10.0 Å². The molecule has 0 spiro atoms. The third-order valence-corrected chi connectivity index (χ3v) is 5.54. The maximum absolute atomic E-state index is 12.4. The lowest BCUT2D eigenvalue weighted by Crippen LogP contribution is -2.33. The van der Waals surface area contributed by atoms with E-state index in [0.717, 1.165) is 4.31 Å². The minimum atomic E-state index is -3.89. The summed E-state index contributed by atoms with van der Waals surface area (Å²) in [5.41, 5.74) is -0.416. The van der Waals surface area contributed by atoms with Gasteiger partial charge in [-0.2, -0.15) is 4.31 Å². The van der Waals surface area contributed by atoms with E-state index >= 15 is 0 Å². The van der Waals surface area contributed by atoms with Crippen LogP contribution in [0.15, 0.2) is 17.0 Å². The molecule has 6 nitrogen and oxygen atoms in total. The molecule has 1 rings (SSSR count). The molecule has 0 amide bonds. The molecular weight excluding hydrogens is 339 g/mol. The molecule has 0 bridgehead atoms. The van der Waals surface area contributed by atoms with Gasteiger partial charge in [-0.3, -0.25) is 0 Å². The van der Waals surface area contributed by atoms with Gasteiger partial charge < -0.3 is 10.0 Å². The van der Waals surface area contributed by atoms with Crippen molar-refractivity contribution < 1.29 is 18.3 Å². The Hall–Kier alpha value is -0.860. The number of likely N-dealkylation sites (N-methyl/N-ethyl adjacent to an activating group) is 2. The van der Waals surface area contributed by atoms with Gasteiger partial charge in [0.25, 0.3) is 0 Å². The van der Waals surface area contributed by atoms with Crippen LogP contribution in [0.3, 0.4) is 0 Å². The number of sulfonamides is 1.